The number of carbonyl (C=O) groups is 1. The van der Waals surface area contributed by atoms with E-state index in [1.54, 1.807) is 18.2 Å². The van der Waals surface area contributed by atoms with Crippen LogP contribution < -0.4 is 14.8 Å². The van der Waals surface area contributed by atoms with Gasteiger partial charge in [0.25, 0.3) is 5.91 Å². The molecule has 108 valence electrons. The Kier molecular flexibility index (Phi) is 3.58. The zero-order chi connectivity index (χ0) is 14.8. The summed E-state index contributed by atoms with van der Waals surface area (Å²) in [6.07, 6.45) is -0.759. The highest BCUT2D eigenvalue weighted by molar-refractivity contribution is 6.33. The monoisotopic (exact) mass is 305 g/mol. The Hall–Kier alpha value is -2.40. The second-order valence-electron chi connectivity index (χ2n) is 4.52. The van der Waals surface area contributed by atoms with Crippen LogP contribution in [-0.4, -0.2) is 23.7 Å². The van der Waals surface area contributed by atoms with E-state index in [0.717, 1.165) is 0 Å². The maximum absolute atomic E-state index is 12.2. The largest absolute Gasteiger partial charge is 0.508 e. The number of amides is 1. The summed E-state index contributed by atoms with van der Waals surface area (Å²) in [5.41, 5.74) is 0.405. The number of para-hydroxylation sites is 2. The van der Waals surface area contributed by atoms with Crippen LogP contribution in [0.15, 0.2) is 42.5 Å². The molecule has 0 saturated carbocycles. The van der Waals surface area contributed by atoms with Crippen LogP contribution in [0.2, 0.25) is 5.02 Å². The molecule has 1 unspecified atom stereocenters. The van der Waals surface area contributed by atoms with E-state index in [4.69, 9.17) is 21.1 Å². The van der Waals surface area contributed by atoms with E-state index in [0.29, 0.717) is 17.2 Å². The predicted octanol–water partition coefficient (Wildman–Crippen LogP) is 2.82. The van der Waals surface area contributed by atoms with Crippen LogP contribution in [0.3, 0.4) is 0 Å². The lowest BCUT2D eigenvalue weighted by molar-refractivity contribution is -0.125. The topological polar surface area (TPSA) is 67.8 Å². The summed E-state index contributed by atoms with van der Waals surface area (Å²) in [5, 5.41) is 12.2. The molecule has 5 nitrogen and oxygen atoms in total. The first-order valence-corrected chi connectivity index (χ1v) is 6.69. The van der Waals surface area contributed by atoms with E-state index in [9.17, 15) is 9.90 Å². The first-order chi connectivity index (χ1) is 10.1. The van der Waals surface area contributed by atoms with Gasteiger partial charge in [0.2, 0.25) is 6.10 Å². The van der Waals surface area contributed by atoms with Gasteiger partial charge >= 0.3 is 0 Å². The minimum absolute atomic E-state index is 0.0316. The van der Waals surface area contributed by atoms with Gasteiger partial charge in [-0.2, -0.15) is 0 Å². The standard InChI is InChI=1S/C15H12ClNO4/c16-10-7-9(18)5-6-11(10)17-15(19)14-8-20-12-3-1-2-4-13(12)21-14/h1-7,14,18H,8H2,(H,17,19). The number of halogens is 1. The SMILES string of the molecule is O=C(Nc1ccc(O)cc1Cl)C1COc2ccccc2O1. The fourth-order valence-electron chi connectivity index (χ4n) is 1.97. The molecule has 2 aromatic rings. The molecular weight excluding hydrogens is 294 g/mol. The average molecular weight is 306 g/mol. The Morgan fingerprint density at radius 2 is 2.00 bits per heavy atom. The van der Waals surface area contributed by atoms with Crippen molar-refractivity contribution in [2.45, 2.75) is 6.10 Å². The number of phenols is 1. The fourth-order valence-corrected chi connectivity index (χ4v) is 2.19. The molecule has 0 bridgehead atoms. The van der Waals surface area contributed by atoms with Gasteiger partial charge in [0, 0.05) is 6.07 Å². The molecule has 0 aromatic heterocycles. The van der Waals surface area contributed by atoms with Crippen LogP contribution in [0.1, 0.15) is 0 Å². The van der Waals surface area contributed by atoms with E-state index in [1.165, 1.54) is 18.2 Å². The molecule has 21 heavy (non-hydrogen) atoms. The van der Waals surface area contributed by atoms with Crippen molar-refractivity contribution in [2.24, 2.45) is 0 Å². The Morgan fingerprint density at radius 3 is 2.76 bits per heavy atom. The van der Waals surface area contributed by atoms with E-state index in [1.807, 2.05) is 6.07 Å². The Bertz CT molecular complexity index is 689. The molecule has 0 saturated heterocycles. The second kappa shape index (κ2) is 5.54. The van der Waals surface area contributed by atoms with Gasteiger partial charge in [0.05, 0.1) is 10.7 Å². The number of benzene rings is 2. The number of hydrogen-bond donors (Lipinski definition) is 2. The first kappa shape index (κ1) is 13.6. The van der Waals surface area contributed by atoms with Gasteiger partial charge in [0.15, 0.2) is 11.5 Å². The highest BCUT2D eigenvalue weighted by Crippen LogP contribution is 2.31. The van der Waals surface area contributed by atoms with E-state index < -0.39 is 6.10 Å². The van der Waals surface area contributed by atoms with Gasteiger partial charge in [-0.1, -0.05) is 23.7 Å². The maximum Gasteiger partial charge on any atom is 0.269 e. The number of anilines is 1. The fraction of sp³-hybridized carbons (Fsp3) is 0.133. The van der Waals surface area contributed by atoms with Gasteiger partial charge in [-0.15, -0.1) is 0 Å². The van der Waals surface area contributed by atoms with Crippen LogP contribution in [0, 0.1) is 0 Å². The zero-order valence-corrected chi connectivity index (χ0v) is 11.6. The van der Waals surface area contributed by atoms with Crippen LogP contribution in [0.25, 0.3) is 0 Å². The number of fused-ring (bicyclic) bond motifs is 1. The predicted molar refractivity (Wildman–Crippen MR) is 78.1 cm³/mol. The molecule has 0 radical (unpaired) electrons. The molecule has 3 rings (SSSR count). The minimum atomic E-state index is -0.759. The van der Waals surface area contributed by atoms with Gasteiger partial charge in [0.1, 0.15) is 12.4 Å². The van der Waals surface area contributed by atoms with Gasteiger partial charge in [-0.05, 0) is 24.3 Å². The lowest BCUT2D eigenvalue weighted by Gasteiger charge is -2.25. The number of ether oxygens (including phenoxy) is 2. The van der Waals surface area contributed by atoms with Crippen molar-refractivity contribution in [1.82, 2.24) is 0 Å². The van der Waals surface area contributed by atoms with E-state index in [2.05, 4.69) is 5.32 Å². The molecule has 0 spiro atoms. The van der Waals surface area contributed by atoms with Crippen LogP contribution in [-0.2, 0) is 4.79 Å². The molecule has 1 atom stereocenters. The normalized spacial score (nSPS) is 16.3. The summed E-state index contributed by atoms with van der Waals surface area (Å²) >= 11 is 5.95. The molecule has 1 heterocycles. The Balaban J connectivity index is 1.72. The average Bonchev–Trinajstić information content (AvgIpc) is 2.49. The number of phenolic OH excluding ortho intramolecular Hbond substituents is 1. The zero-order valence-electron chi connectivity index (χ0n) is 10.9. The van der Waals surface area contributed by atoms with Crippen molar-refractivity contribution in [2.75, 3.05) is 11.9 Å². The summed E-state index contributed by atoms with van der Waals surface area (Å²) in [7, 11) is 0. The van der Waals surface area contributed by atoms with Gasteiger partial charge in [-0.3, -0.25) is 4.79 Å². The summed E-state index contributed by atoms with van der Waals surface area (Å²) in [4.78, 5) is 12.2. The third kappa shape index (κ3) is 2.87. The van der Waals surface area contributed by atoms with Crippen molar-refractivity contribution in [1.29, 1.82) is 0 Å². The molecule has 6 heteroatoms. The van der Waals surface area contributed by atoms with E-state index in [-0.39, 0.29) is 23.3 Å². The summed E-state index contributed by atoms with van der Waals surface area (Å²) < 4.78 is 11.1. The number of carbonyl (C=O) groups excluding carboxylic acids is 1. The third-order valence-electron chi connectivity index (χ3n) is 3.01. The van der Waals surface area contributed by atoms with Crippen LogP contribution in [0.5, 0.6) is 17.2 Å². The lowest BCUT2D eigenvalue weighted by atomic mass is 10.2. The van der Waals surface area contributed by atoms with E-state index >= 15 is 0 Å². The number of hydrogen-bond acceptors (Lipinski definition) is 4. The summed E-state index contributed by atoms with van der Waals surface area (Å²) in [6, 6.07) is 11.5. The van der Waals surface area contributed by atoms with Gasteiger partial charge < -0.3 is 19.9 Å². The molecule has 1 aliphatic heterocycles. The Labute approximate surface area is 126 Å². The van der Waals surface area contributed by atoms with Crippen molar-refractivity contribution >= 4 is 23.2 Å². The molecule has 2 aromatic carbocycles. The maximum atomic E-state index is 12.2. The van der Waals surface area contributed by atoms with Gasteiger partial charge in [-0.25, -0.2) is 0 Å². The third-order valence-corrected chi connectivity index (χ3v) is 3.32. The highest BCUT2D eigenvalue weighted by Gasteiger charge is 2.27. The summed E-state index contributed by atoms with van der Waals surface area (Å²) in [5.74, 6) is 0.811. The number of rotatable bonds is 2. The van der Waals surface area contributed by atoms with Crippen molar-refractivity contribution in [3.8, 4) is 17.2 Å². The molecule has 1 amide bonds. The number of nitrogens with one attached hydrogen (secondary N) is 1. The van der Waals surface area contributed by atoms with Crippen LogP contribution >= 0.6 is 11.6 Å². The molecular formula is C15H12ClNO4. The van der Waals surface area contributed by atoms with Crippen LogP contribution in [0.4, 0.5) is 5.69 Å². The quantitative estimate of drug-likeness (QED) is 0.837. The number of aromatic hydroxyl groups is 1. The molecule has 2 N–H and O–H groups in total. The molecule has 0 fully saturated rings. The van der Waals surface area contributed by atoms with Crippen molar-refractivity contribution in [3.05, 3.63) is 47.5 Å². The smallest absolute Gasteiger partial charge is 0.269 e. The Morgan fingerprint density at radius 1 is 1.24 bits per heavy atom. The second-order valence-corrected chi connectivity index (χ2v) is 4.92. The molecule has 0 aliphatic carbocycles. The lowest BCUT2D eigenvalue weighted by Crippen LogP contribution is -2.40. The minimum Gasteiger partial charge on any atom is -0.508 e. The van der Waals surface area contributed by atoms with Crippen molar-refractivity contribution < 1.29 is 19.4 Å². The summed E-state index contributed by atoms with van der Waals surface area (Å²) in [6.45, 7) is 0.124. The first-order valence-electron chi connectivity index (χ1n) is 6.31. The highest BCUT2D eigenvalue weighted by atomic mass is 35.5. The molecule has 1 aliphatic rings. The van der Waals surface area contributed by atoms with Crippen molar-refractivity contribution in [3.63, 3.8) is 0 Å².